The number of benzene rings is 1. The van der Waals surface area contributed by atoms with Gasteiger partial charge in [-0.1, -0.05) is 0 Å². The minimum Gasteiger partial charge on any atom is -0.497 e. The summed E-state index contributed by atoms with van der Waals surface area (Å²) in [7, 11) is 3.11. The number of rotatable bonds is 6. The summed E-state index contributed by atoms with van der Waals surface area (Å²) in [5.41, 5.74) is 0.503. The van der Waals surface area contributed by atoms with Gasteiger partial charge in [-0.25, -0.2) is 4.98 Å². The highest BCUT2D eigenvalue weighted by Crippen LogP contribution is 2.22. The number of hydrogen-bond donors (Lipinski definition) is 1. The molecule has 0 unspecified atom stereocenters. The van der Waals surface area contributed by atoms with Gasteiger partial charge in [0.05, 0.1) is 20.5 Å². The molecule has 112 valence electrons. The number of carbonyl (C=O) groups excluding carboxylic acids is 1. The lowest BCUT2D eigenvalue weighted by atomic mass is 10.1. The molecule has 21 heavy (non-hydrogen) atoms. The predicted molar refractivity (Wildman–Crippen MR) is 78.7 cm³/mol. The summed E-state index contributed by atoms with van der Waals surface area (Å²) in [5.74, 6) is 1.00. The molecule has 1 aromatic carbocycles. The molecule has 0 radical (unpaired) electrons. The maximum atomic E-state index is 12.3. The van der Waals surface area contributed by atoms with Gasteiger partial charge >= 0.3 is 0 Å². The fourth-order valence-electron chi connectivity index (χ4n) is 2.00. The molecule has 0 saturated carbocycles. The van der Waals surface area contributed by atoms with Gasteiger partial charge in [-0.05, 0) is 19.1 Å². The lowest BCUT2D eigenvalue weighted by molar-refractivity contribution is 0.0936. The lowest BCUT2D eigenvalue weighted by Gasteiger charge is -2.15. The van der Waals surface area contributed by atoms with Crippen molar-refractivity contribution in [1.29, 1.82) is 0 Å². The van der Waals surface area contributed by atoms with Crippen molar-refractivity contribution in [2.75, 3.05) is 14.2 Å². The molecule has 0 aliphatic rings. The van der Waals surface area contributed by atoms with E-state index in [4.69, 9.17) is 9.47 Å². The molecule has 6 heteroatoms. The first-order chi connectivity index (χ1) is 10.1. The summed E-state index contributed by atoms with van der Waals surface area (Å²) in [6.07, 6.45) is 5.29. The van der Waals surface area contributed by atoms with Crippen LogP contribution in [0.1, 0.15) is 17.3 Å². The molecule has 1 amide bonds. The van der Waals surface area contributed by atoms with Crippen LogP contribution in [0.4, 0.5) is 0 Å². The summed E-state index contributed by atoms with van der Waals surface area (Å²) >= 11 is 0. The Morgan fingerprint density at radius 2 is 1.95 bits per heavy atom. The Morgan fingerprint density at radius 3 is 2.48 bits per heavy atom. The third kappa shape index (κ3) is 3.98. The zero-order valence-electron chi connectivity index (χ0n) is 12.4. The van der Waals surface area contributed by atoms with Crippen molar-refractivity contribution in [3.63, 3.8) is 0 Å². The van der Waals surface area contributed by atoms with Crippen molar-refractivity contribution in [1.82, 2.24) is 14.9 Å². The average molecular weight is 289 g/mol. The summed E-state index contributed by atoms with van der Waals surface area (Å²) < 4.78 is 12.2. The molecule has 1 N–H and O–H groups in total. The number of nitrogens with zero attached hydrogens (tertiary/aromatic N) is 2. The molecule has 0 bridgehead atoms. The minimum atomic E-state index is -0.167. The molecule has 0 fully saturated rings. The first-order valence-electron chi connectivity index (χ1n) is 6.62. The Morgan fingerprint density at radius 1 is 1.29 bits per heavy atom. The second-order valence-electron chi connectivity index (χ2n) is 4.74. The topological polar surface area (TPSA) is 65.4 Å². The predicted octanol–water partition coefficient (Wildman–Crippen LogP) is 1.72. The van der Waals surface area contributed by atoms with Crippen molar-refractivity contribution in [3.8, 4) is 11.5 Å². The normalized spacial score (nSPS) is 11.8. The molecule has 2 rings (SSSR count). The van der Waals surface area contributed by atoms with Crippen LogP contribution in [0, 0.1) is 0 Å². The highest BCUT2D eigenvalue weighted by atomic mass is 16.5. The van der Waals surface area contributed by atoms with E-state index < -0.39 is 0 Å². The van der Waals surface area contributed by atoms with Crippen molar-refractivity contribution in [3.05, 3.63) is 42.5 Å². The molecule has 0 aliphatic heterocycles. The van der Waals surface area contributed by atoms with Gasteiger partial charge in [-0.15, -0.1) is 0 Å². The lowest BCUT2D eigenvalue weighted by Crippen LogP contribution is -2.35. The molecule has 1 heterocycles. The van der Waals surface area contributed by atoms with Crippen LogP contribution in [0.25, 0.3) is 0 Å². The largest absolute Gasteiger partial charge is 0.497 e. The average Bonchev–Trinajstić information content (AvgIpc) is 2.99. The van der Waals surface area contributed by atoms with E-state index in [0.29, 0.717) is 23.6 Å². The van der Waals surface area contributed by atoms with Gasteiger partial charge in [0.1, 0.15) is 11.5 Å². The summed E-state index contributed by atoms with van der Waals surface area (Å²) in [6, 6.07) is 5.07. The third-order valence-corrected chi connectivity index (χ3v) is 3.03. The van der Waals surface area contributed by atoms with E-state index in [9.17, 15) is 4.79 Å². The summed E-state index contributed by atoms with van der Waals surface area (Å²) in [5, 5.41) is 2.94. The van der Waals surface area contributed by atoms with Crippen molar-refractivity contribution >= 4 is 5.91 Å². The Balaban J connectivity index is 2.05. The van der Waals surface area contributed by atoms with Crippen LogP contribution in [0.15, 0.2) is 36.9 Å². The molecule has 6 nitrogen and oxygen atoms in total. The van der Waals surface area contributed by atoms with Crippen LogP contribution >= 0.6 is 0 Å². The maximum Gasteiger partial charge on any atom is 0.251 e. The van der Waals surface area contributed by atoms with Gasteiger partial charge in [-0.2, -0.15) is 0 Å². The number of amides is 1. The number of nitrogens with one attached hydrogen (secondary N) is 1. The van der Waals surface area contributed by atoms with E-state index in [-0.39, 0.29) is 11.9 Å². The smallest absolute Gasteiger partial charge is 0.251 e. The fourth-order valence-corrected chi connectivity index (χ4v) is 2.00. The van der Waals surface area contributed by atoms with Gasteiger partial charge in [-0.3, -0.25) is 4.79 Å². The molecule has 0 spiro atoms. The Hall–Kier alpha value is -2.50. The van der Waals surface area contributed by atoms with Crippen LogP contribution in [0.5, 0.6) is 11.5 Å². The van der Waals surface area contributed by atoms with E-state index in [1.54, 1.807) is 44.9 Å². The van der Waals surface area contributed by atoms with Crippen LogP contribution in [-0.2, 0) is 6.54 Å². The number of imidazole rings is 1. The van der Waals surface area contributed by atoms with Crippen LogP contribution in [0.2, 0.25) is 0 Å². The maximum absolute atomic E-state index is 12.3. The van der Waals surface area contributed by atoms with Crippen molar-refractivity contribution in [2.24, 2.45) is 0 Å². The van der Waals surface area contributed by atoms with Crippen molar-refractivity contribution < 1.29 is 14.3 Å². The van der Waals surface area contributed by atoms with E-state index in [1.807, 2.05) is 17.7 Å². The quantitative estimate of drug-likeness (QED) is 0.879. The minimum absolute atomic E-state index is 0.0242. The Kier molecular flexibility index (Phi) is 4.81. The second-order valence-corrected chi connectivity index (χ2v) is 4.74. The first kappa shape index (κ1) is 14.9. The number of aromatic nitrogens is 2. The zero-order valence-corrected chi connectivity index (χ0v) is 12.4. The van der Waals surface area contributed by atoms with Gasteiger partial charge < -0.3 is 19.4 Å². The number of methoxy groups -OCH3 is 2. The first-order valence-corrected chi connectivity index (χ1v) is 6.62. The Labute approximate surface area is 123 Å². The Bertz CT molecular complexity index is 574. The number of ether oxygens (including phenoxy) is 2. The highest BCUT2D eigenvalue weighted by Gasteiger charge is 2.12. The third-order valence-electron chi connectivity index (χ3n) is 3.03. The van der Waals surface area contributed by atoms with Crippen LogP contribution < -0.4 is 14.8 Å². The second kappa shape index (κ2) is 6.78. The monoisotopic (exact) mass is 289 g/mol. The van der Waals surface area contributed by atoms with Gasteiger partial charge in [0.2, 0.25) is 0 Å². The molecule has 1 atom stereocenters. The van der Waals surface area contributed by atoms with E-state index >= 15 is 0 Å². The number of carbonyl (C=O) groups is 1. The van der Waals surface area contributed by atoms with Crippen LogP contribution in [0.3, 0.4) is 0 Å². The molecule has 0 saturated heterocycles. The molecule has 1 aromatic heterocycles. The van der Waals surface area contributed by atoms with Gasteiger partial charge in [0.25, 0.3) is 5.91 Å². The standard InChI is InChI=1S/C15H19N3O3/c1-11(9-18-5-4-16-10-18)17-15(19)12-6-13(20-2)8-14(7-12)21-3/h4-8,10-11H,9H2,1-3H3,(H,17,19)/t11-/m1/s1. The molecular weight excluding hydrogens is 270 g/mol. The SMILES string of the molecule is COc1cc(OC)cc(C(=O)N[C@H](C)Cn2ccnc2)c1. The summed E-state index contributed by atoms with van der Waals surface area (Å²) in [6.45, 7) is 2.60. The van der Waals surface area contributed by atoms with Crippen molar-refractivity contribution in [2.45, 2.75) is 19.5 Å². The number of hydrogen-bond acceptors (Lipinski definition) is 4. The van der Waals surface area contributed by atoms with E-state index in [2.05, 4.69) is 10.3 Å². The van der Waals surface area contributed by atoms with Crippen LogP contribution in [-0.4, -0.2) is 35.7 Å². The van der Waals surface area contributed by atoms with E-state index in [1.165, 1.54) is 0 Å². The highest BCUT2D eigenvalue weighted by molar-refractivity contribution is 5.95. The van der Waals surface area contributed by atoms with Gasteiger partial charge in [0, 0.05) is 36.6 Å². The van der Waals surface area contributed by atoms with Gasteiger partial charge in [0.15, 0.2) is 0 Å². The molecular formula is C15H19N3O3. The fraction of sp³-hybridized carbons (Fsp3) is 0.333. The zero-order chi connectivity index (χ0) is 15.2. The molecule has 2 aromatic rings. The summed E-state index contributed by atoms with van der Waals surface area (Å²) in [4.78, 5) is 16.2. The molecule has 0 aliphatic carbocycles. The van der Waals surface area contributed by atoms with E-state index in [0.717, 1.165) is 0 Å².